The number of fused-ring (bicyclic) bond motifs is 5. The van der Waals surface area contributed by atoms with Crippen molar-refractivity contribution >= 4 is 5.97 Å². The Kier molecular flexibility index (Phi) is 5.96. The number of benzene rings is 3. The minimum absolute atomic E-state index is 0.0472. The molecule has 1 atom stereocenters. The van der Waals surface area contributed by atoms with Gasteiger partial charge in [-0.2, -0.15) is 0 Å². The number of piperidine rings is 3. The minimum atomic E-state index is -0.897. The first-order valence-corrected chi connectivity index (χ1v) is 13.2. The van der Waals surface area contributed by atoms with Crippen LogP contribution in [0.3, 0.4) is 0 Å². The van der Waals surface area contributed by atoms with Crippen LogP contribution in [0.4, 0.5) is 0 Å². The highest BCUT2D eigenvalue weighted by atomic mass is 16.5. The van der Waals surface area contributed by atoms with Crippen LogP contribution in [0.5, 0.6) is 17.2 Å². The number of nitrogens with zero attached hydrogens (tertiary/aromatic N) is 1. The summed E-state index contributed by atoms with van der Waals surface area (Å²) in [6, 6.07) is 25.7. The molecular weight excluding hydrogens is 450 g/mol. The van der Waals surface area contributed by atoms with Gasteiger partial charge in [-0.05, 0) is 31.2 Å². The van der Waals surface area contributed by atoms with E-state index in [0.717, 1.165) is 65.2 Å². The van der Waals surface area contributed by atoms with Crippen LogP contribution in [0.2, 0.25) is 0 Å². The molecule has 3 fully saturated rings. The molecule has 3 saturated heterocycles. The Bertz CT molecular complexity index is 1190. The zero-order chi connectivity index (χ0) is 24.6. The fourth-order valence-corrected chi connectivity index (χ4v) is 6.45. The van der Waals surface area contributed by atoms with Gasteiger partial charge in [0.15, 0.2) is 6.10 Å². The summed E-state index contributed by atoms with van der Waals surface area (Å²) in [7, 11) is 0. The summed E-state index contributed by atoms with van der Waals surface area (Å²) in [6.07, 6.45) is 3.18. The number of rotatable bonds is 7. The number of hydrogen-bond acceptors (Lipinski definition) is 4. The zero-order valence-electron chi connectivity index (χ0n) is 20.9. The van der Waals surface area contributed by atoms with Gasteiger partial charge in [-0.3, -0.25) is 4.79 Å². The molecule has 0 N–H and O–H groups in total. The molecule has 7 rings (SSSR count). The number of ether oxygens (including phenoxy) is 3. The molecule has 0 spiro atoms. The van der Waals surface area contributed by atoms with Crippen molar-refractivity contribution in [3.05, 3.63) is 90.0 Å². The molecule has 4 heterocycles. The van der Waals surface area contributed by atoms with Crippen molar-refractivity contribution in [2.45, 2.75) is 37.7 Å². The molecule has 0 aliphatic carbocycles. The SMILES string of the molecule is CC1(C(=O)O[C@H]2C[N+]3(CCCOc4ccccc4)CCC2CC3)c2ccccc2Oc2ccccc21. The van der Waals surface area contributed by atoms with E-state index < -0.39 is 5.41 Å². The Morgan fingerprint density at radius 3 is 2.19 bits per heavy atom. The highest BCUT2D eigenvalue weighted by Gasteiger charge is 2.51. The van der Waals surface area contributed by atoms with Crippen molar-refractivity contribution in [3.8, 4) is 17.2 Å². The summed E-state index contributed by atoms with van der Waals surface area (Å²) in [5.74, 6) is 2.66. The Labute approximate surface area is 213 Å². The summed E-state index contributed by atoms with van der Waals surface area (Å²) >= 11 is 0. The van der Waals surface area contributed by atoms with Gasteiger partial charge < -0.3 is 18.7 Å². The molecule has 3 aromatic carbocycles. The second kappa shape index (κ2) is 9.29. The van der Waals surface area contributed by atoms with Crippen LogP contribution in [-0.2, 0) is 14.9 Å². The standard InChI is InChI=1S/C31H34NO4/c1-31(25-12-5-7-14-27(25)35-28-15-8-6-13-26(28)31)30(33)36-29-22-32(19-16-23(29)17-20-32)18-9-21-34-24-10-3-2-4-11-24/h2-8,10-15,23,29H,9,16-22H2,1H3/q+1/t23?,29-,32?/m0/s1. The van der Waals surface area contributed by atoms with Crippen molar-refractivity contribution in [2.75, 3.05) is 32.8 Å². The molecule has 186 valence electrons. The van der Waals surface area contributed by atoms with Crippen LogP contribution < -0.4 is 9.47 Å². The summed E-state index contributed by atoms with van der Waals surface area (Å²) in [4.78, 5) is 14.0. The number of para-hydroxylation sites is 3. The van der Waals surface area contributed by atoms with E-state index in [0.29, 0.717) is 12.5 Å². The molecule has 5 nitrogen and oxygen atoms in total. The summed E-state index contributed by atoms with van der Waals surface area (Å²) in [6.45, 7) is 7.00. The van der Waals surface area contributed by atoms with E-state index in [9.17, 15) is 4.79 Å². The minimum Gasteiger partial charge on any atom is -0.493 e. The molecule has 4 aliphatic rings. The Balaban J connectivity index is 1.17. The average molecular weight is 485 g/mol. The van der Waals surface area contributed by atoms with Crippen molar-refractivity contribution in [2.24, 2.45) is 5.92 Å². The largest absolute Gasteiger partial charge is 0.493 e. The van der Waals surface area contributed by atoms with Crippen LogP contribution in [0.15, 0.2) is 78.9 Å². The van der Waals surface area contributed by atoms with Crippen LogP contribution >= 0.6 is 0 Å². The van der Waals surface area contributed by atoms with Gasteiger partial charge >= 0.3 is 5.97 Å². The first kappa shape index (κ1) is 23.1. The molecule has 3 aromatic rings. The number of quaternary nitrogens is 1. The lowest BCUT2D eigenvalue weighted by Crippen LogP contribution is -2.65. The third-order valence-electron chi connectivity index (χ3n) is 8.57. The fraction of sp³-hybridized carbons (Fsp3) is 0.387. The quantitative estimate of drug-likeness (QED) is 0.244. The van der Waals surface area contributed by atoms with E-state index in [4.69, 9.17) is 14.2 Å². The second-order valence-electron chi connectivity index (χ2n) is 10.7. The monoisotopic (exact) mass is 484 g/mol. The normalized spacial score (nSPS) is 25.2. The number of carbonyl (C=O) groups excluding carboxylic acids is 1. The molecule has 5 heteroatoms. The van der Waals surface area contributed by atoms with Crippen molar-refractivity contribution in [1.29, 1.82) is 0 Å². The van der Waals surface area contributed by atoms with E-state index in [-0.39, 0.29) is 12.1 Å². The molecule has 0 aromatic heterocycles. The van der Waals surface area contributed by atoms with Crippen LogP contribution in [-0.4, -0.2) is 49.3 Å². The predicted molar refractivity (Wildman–Crippen MR) is 138 cm³/mol. The Morgan fingerprint density at radius 1 is 0.917 bits per heavy atom. The van der Waals surface area contributed by atoms with Crippen LogP contribution in [0.1, 0.15) is 37.3 Å². The lowest BCUT2D eigenvalue weighted by atomic mass is 9.73. The average Bonchev–Trinajstić information content (AvgIpc) is 2.92. The van der Waals surface area contributed by atoms with E-state index >= 15 is 0 Å². The lowest BCUT2D eigenvalue weighted by Gasteiger charge is -2.52. The first-order chi connectivity index (χ1) is 17.6. The molecule has 0 amide bonds. The van der Waals surface area contributed by atoms with Gasteiger partial charge in [0.25, 0.3) is 0 Å². The van der Waals surface area contributed by atoms with Gasteiger partial charge in [0.1, 0.15) is 29.2 Å². The van der Waals surface area contributed by atoms with Crippen molar-refractivity contribution < 1.29 is 23.5 Å². The molecule has 36 heavy (non-hydrogen) atoms. The van der Waals surface area contributed by atoms with Gasteiger partial charge in [0.2, 0.25) is 0 Å². The Hall–Kier alpha value is -3.31. The lowest BCUT2D eigenvalue weighted by molar-refractivity contribution is -0.946. The van der Waals surface area contributed by atoms with Gasteiger partial charge in [-0.1, -0.05) is 54.6 Å². The number of esters is 1. The maximum atomic E-state index is 14.0. The maximum absolute atomic E-state index is 14.0. The van der Waals surface area contributed by atoms with E-state index in [1.807, 2.05) is 85.8 Å². The predicted octanol–water partition coefficient (Wildman–Crippen LogP) is 5.72. The third-order valence-corrected chi connectivity index (χ3v) is 8.57. The summed E-state index contributed by atoms with van der Waals surface area (Å²) in [5, 5.41) is 0. The highest BCUT2D eigenvalue weighted by molar-refractivity contribution is 5.90. The summed E-state index contributed by atoms with van der Waals surface area (Å²) < 4.78 is 19.6. The van der Waals surface area contributed by atoms with Crippen LogP contribution in [0, 0.1) is 5.92 Å². The second-order valence-corrected chi connectivity index (χ2v) is 10.7. The van der Waals surface area contributed by atoms with E-state index in [1.165, 1.54) is 13.1 Å². The van der Waals surface area contributed by atoms with Crippen LogP contribution in [0.25, 0.3) is 0 Å². The van der Waals surface area contributed by atoms with Gasteiger partial charge in [-0.15, -0.1) is 0 Å². The van der Waals surface area contributed by atoms with Gasteiger partial charge in [0.05, 0.1) is 26.2 Å². The fourth-order valence-electron chi connectivity index (χ4n) is 6.45. The Morgan fingerprint density at radius 2 is 1.53 bits per heavy atom. The van der Waals surface area contributed by atoms with Gasteiger partial charge in [-0.25, -0.2) is 0 Å². The number of carbonyl (C=O) groups is 1. The van der Waals surface area contributed by atoms with Crippen molar-refractivity contribution in [1.82, 2.24) is 0 Å². The molecule has 4 aliphatic heterocycles. The third kappa shape index (κ3) is 4.05. The summed E-state index contributed by atoms with van der Waals surface area (Å²) in [5.41, 5.74) is 0.847. The smallest absolute Gasteiger partial charge is 0.321 e. The number of hydrogen-bond donors (Lipinski definition) is 0. The van der Waals surface area contributed by atoms with E-state index in [1.54, 1.807) is 0 Å². The first-order valence-electron chi connectivity index (χ1n) is 13.2. The van der Waals surface area contributed by atoms with E-state index in [2.05, 4.69) is 0 Å². The highest BCUT2D eigenvalue weighted by Crippen LogP contribution is 2.49. The zero-order valence-corrected chi connectivity index (χ0v) is 20.9. The molecule has 0 unspecified atom stereocenters. The van der Waals surface area contributed by atoms with Gasteiger partial charge in [0, 0.05) is 36.3 Å². The molecule has 0 saturated carbocycles. The topological polar surface area (TPSA) is 44.8 Å². The maximum Gasteiger partial charge on any atom is 0.321 e. The molecular formula is C31H34NO4+. The molecule has 2 bridgehead atoms. The molecule has 0 radical (unpaired) electrons. The van der Waals surface area contributed by atoms with Crippen molar-refractivity contribution in [3.63, 3.8) is 0 Å².